The van der Waals surface area contributed by atoms with Crippen LogP contribution in [0.2, 0.25) is 5.02 Å². The fourth-order valence-corrected chi connectivity index (χ4v) is 2.52. The molecule has 3 aromatic rings. The lowest BCUT2D eigenvalue weighted by molar-refractivity contribution is 0.890. The van der Waals surface area contributed by atoms with Crippen molar-refractivity contribution in [2.45, 2.75) is 26.7 Å². The molecule has 1 N–H and O–H groups in total. The highest BCUT2D eigenvalue weighted by atomic mass is 35.5. The van der Waals surface area contributed by atoms with Crippen LogP contribution in [-0.4, -0.2) is 9.97 Å². The number of halogens is 1. The normalized spacial score (nSPS) is 11.2. The summed E-state index contributed by atoms with van der Waals surface area (Å²) < 4.78 is 0. The molecule has 0 aliphatic rings. The van der Waals surface area contributed by atoms with Gasteiger partial charge in [0, 0.05) is 11.4 Å². The number of fused-ring (bicyclic) bond motifs is 1. The molecule has 0 atom stereocenters. The number of aryl methyl sites for hydroxylation is 4. The predicted molar refractivity (Wildman–Crippen MR) is 84.4 cm³/mol. The topological polar surface area (TPSA) is 28.7 Å². The van der Waals surface area contributed by atoms with Crippen LogP contribution in [0.4, 0.5) is 0 Å². The molecule has 0 bridgehead atoms. The van der Waals surface area contributed by atoms with Gasteiger partial charge in [-0.05, 0) is 55.2 Å². The Balaban J connectivity index is 1.81. The van der Waals surface area contributed by atoms with E-state index in [1.54, 1.807) is 0 Å². The molecule has 1 aromatic heterocycles. The van der Waals surface area contributed by atoms with Crippen LogP contribution in [0.1, 0.15) is 22.5 Å². The monoisotopic (exact) mass is 284 g/mol. The zero-order chi connectivity index (χ0) is 14.1. The van der Waals surface area contributed by atoms with Crippen molar-refractivity contribution in [1.29, 1.82) is 0 Å². The van der Waals surface area contributed by atoms with E-state index in [0.717, 1.165) is 34.7 Å². The van der Waals surface area contributed by atoms with Crippen molar-refractivity contribution >= 4 is 22.6 Å². The van der Waals surface area contributed by atoms with Gasteiger partial charge in [0.05, 0.1) is 11.0 Å². The molecule has 0 fully saturated rings. The molecule has 1 heterocycles. The van der Waals surface area contributed by atoms with Gasteiger partial charge in [-0.2, -0.15) is 0 Å². The average molecular weight is 285 g/mol. The molecule has 3 rings (SSSR count). The van der Waals surface area contributed by atoms with E-state index >= 15 is 0 Å². The highest BCUT2D eigenvalue weighted by molar-refractivity contribution is 6.30. The Kier molecular flexibility index (Phi) is 3.49. The van der Waals surface area contributed by atoms with Gasteiger partial charge in [-0.1, -0.05) is 29.8 Å². The van der Waals surface area contributed by atoms with Gasteiger partial charge in [0.15, 0.2) is 0 Å². The fourth-order valence-electron chi connectivity index (χ4n) is 2.40. The van der Waals surface area contributed by atoms with Crippen molar-refractivity contribution in [2.24, 2.45) is 0 Å². The van der Waals surface area contributed by atoms with E-state index in [9.17, 15) is 0 Å². The lowest BCUT2D eigenvalue weighted by Crippen LogP contribution is -1.93. The Morgan fingerprint density at radius 3 is 2.50 bits per heavy atom. The zero-order valence-electron chi connectivity index (χ0n) is 11.7. The highest BCUT2D eigenvalue weighted by Gasteiger charge is 2.07. The van der Waals surface area contributed by atoms with E-state index in [4.69, 9.17) is 16.6 Å². The van der Waals surface area contributed by atoms with Gasteiger partial charge in [0.2, 0.25) is 0 Å². The van der Waals surface area contributed by atoms with Crippen LogP contribution < -0.4 is 0 Å². The molecule has 2 aromatic carbocycles. The van der Waals surface area contributed by atoms with Crippen molar-refractivity contribution in [3.05, 3.63) is 63.9 Å². The molecule has 0 saturated heterocycles. The number of benzene rings is 2. The van der Waals surface area contributed by atoms with E-state index in [0.29, 0.717) is 0 Å². The molecule has 0 aliphatic carbocycles. The quantitative estimate of drug-likeness (QED) is 0.747. The number of nitrogens with one attached hydrogen (secondary N) is 1. The van der Waals surface area contributed by atoms with Crippen LogP contribution in [-0.2, 0) is 12.8 Å². The Morgan fingerprint density at radius 2 is 1.75 bits per heavy atom. The fraction of sp³-hybridized carbons (Fsp3) is 0.235. The Labute approximate surface area is 123 Å². The molecule has 0 unspecified atom stereocenters. The Hall–Kier alpha value is -1.80. The lowest BCUT2D eigenvalue weighted by atomic mass is 10.1. The molecule has 0 saturated carbocycles. The Bertz CT molecular complexity index is 742. The van der Waals surface area contributed by atoms with Gasteiger partial charge in [0.25, 0.3) is 0 Å². The minimum atomic E-state index is 0.781. The minimum Gasteiger partial charge on any atom is -0.342 e. The summed E-state index contributed by atoms with van der Waals surface area (Å²) in [6, 6.07) is 12.3. The third-order valence-corrected chi connectivity index (χ3v) is 4.04. The molecule has 0 aliphatic heterocycles. The number of aromatic amines is 1. The summed E-state index contributed by atoms with van der Waals surface area (Å²) in [6.07, 6.45) is 1.88. The summed E-state index contributed by atoms with van der Waals surface area (Å²) in [6.45, 7) is 4.25. The minimum absolute atomic E-state index is 0.781. The van der Waals surface area contributed by atoms with Crippen LogP contribution in [0.25, 0.3) is 11.0 Å². The summed E-state index contributed by atoms with van der Waals surface area (Å²) in [5.74, 6) is 1.05. The van der Waals surface area contributed by atoms with Crippen LogP contribution >= 0.6 is 11.6 Å². The van der Waals surface area contributed by atoms with E-state index in [-0.39, 0.29) is 0 Å². The molecule has 0 radical (unpaired) electrons. The van der Waals surface area contributed by atoms with Gasteiger partial charge in [-0.15, -0.1) is 0 Å². The number of imidazole rings is 1. The van der Waals surface area contributed by atoms with E-state index in [1.807, 2.05) is 12.1 Å². The first-order valence-electron chi connectivity index (χ1n) is 6.83. The first-order valence-corrected chi connectivity index (χ1v) is 7.20. The third-order valence-electron chi connectivity index (χ3n) is 3.79. The molecule has 0 amide bonds. The van der Waals surface area contributed by atoms with Gasteiger partial charge < -0.3 is 4.98 Å². The maximum absolute atomic E-state index is 5.90. The van der Waals surface area contributed by atoms with Gasteiger partial charge in [-0.25, -0.2) is 4.98 Å². The molecule has 20 heavy (non-hydrogen) atoms. The maximum Gasteiger partial charge on any atom is 0.107 e. The SMILES string of the molecule is Cc1ccc2[nH]c(CCc3ccc(Cl)cc3)nc2c1C. The van der Waals surface area contributed by atoms with Crippen LogP contribution in [0.3, 0.4) is 0 Å². The summed E-state index contributed by atoms with van der Waals surface area (Å²) >= 11 is 5.90. The second-order valence-corrected chi connectivity index (χ2v) is 5.65. The number of aromatic nitrogens is 2. The summed E-state index contributed by atoms with van der Waals surface area (Å²) in [4.78, 5) is 8.13. The van der Waals surface area contributed by atoms with Gasteiger partial charge >= 0.3 is 0 Å². The van der Waals surface area contributed by atoms with Crippen molar-refractivity contribution in [1.82, 2.24) is 9.97 Å². The smallest absolute Gasteiger partial charge is 0.107 e. The third kappa shape index (κ3) is 2.56. The molecule has 0 spiro atoms. The van der Waals surface area contributed by atoms with Crippen molar-refractivity contribution < 1.29 is 0 Å². The van der Waals surface area contributed by atoms with Gasteiger partial charge in [-0.3, -0.25) is 0 Å². The van der Waals surface area contributed by atoms with Crippen LogP contribution in [0, 0.1) is 13.8 Å². The summed E-state index contributed by atoms with van der Waals surface area (Å²) in [7, 11) is 0. The number of nitrogens with zero attached hydrogens (tertiary/aromatic N) is 1. The number of hydrogen-bond acceptors (Lipinski definition) is 1. The van der Waals surface area contributed by atoms with E-state index in [1.165, 1.54) is 16.7 Å². The predicted octanol–water partition coefficient (Wildman–Crippen LogP) is 4.62. The highest BCUT2D eigenvalue weighted by Crippen LogP contribution is 2.20. The standard InChI is InChI=1S/C17H17ClN2/c1-11-3-9-15-17(12(11)2)20-16(19-15)10-6-13-4-7-14(18)8-5-13/h3-5,7-9H,6,10H2,1-2H3,(H,19,20). The second-order valence-electron chi connectivity index (χ2n) is 5.21. The maximum atomic E-state index is 5.90. The molecule has 3 heteroatoms. The zero-order valence-corrected chi connectivity index (χ0v) is 12.5. The average Bonchev–Trinajstić information content (AvgIpc) is 2.86. The largest absolute Gasteiger partial charge is 0.342 e. The van der Waals surface area contributed by atoms with Crippen LogP contribution in [0.15, 0.2) is 36.4 Å². The molecule has 2 nitrogen and oxygen atoms in total. The first kappa shape index (κ1) is 13.2. The second kappa shape index (κ2) is 5.29. The number of hydrogen-bond donors (Lipinski definition) is 1. The van der Waals surface area contributed by atoms with Gasteiger partial charge in [0.1, 0.15) is 5.82 Å². The summed E-state index contributed by atoms with van der Waals surface area (Å²) in [5, 5.41) is 0.781. The molecular weight excluding hydrogens is 268 g/mol. The van der Waals surface area contributed by atoms with Crippen LogP contribution in [0.5, 0.6) is 0 Å². The lowest BCUT2D eigenvalue weighted by Gasteiger charge is -1.99. The molecular formula is C17H17ClN2. The number of H-pyrrole nitrogens is 1. The van der Waals surface area contributed by atoms with E-state index < -0.39 is 0 Å². The van der Waals surface area contributed by atoms with E-state index in [2.05, 4.69) is 43.1 Å². The number of rotatable bonds is 3. The van der Waals surface area contributed by atoms with Crippen molar-refractivity contribution in [2.75, 3.05) is 0 Å². The molecule has 102 valence electrons. The van der Waals surface area contributed by atoms with Crippen molar-refractivity contribution in [3.8, 4) is 0 Å². The first-order chi connectivity index (χ1) is 9.63. The summed E-state index contributed by atoms with van der Waals surface area (Å²) in [5.41, 5.74) is 6.04. The Morgan fingerprint density at radius 1 is 1.00 bits per heavy atom. The van der Waals surface area contributed by atoms with Crippen molar-refractivity contribution in [3.63, 3.8) is 0 Å².